The van der Waals surface area contributed by atoms with E-state index in [1.54, 1.807) is 4.57 Å². The Morgan fingerprint density at radius 1 is 1.18 bits per heavy atom. The van der Waals surface area contributed by atoms with Crippen LogP contribution in [0.1, 0.15) is 45.6 Å². The van der Waals surface area contributed by atoms with Crippen LogP contribution in [0.4, 0.5) is 30.8 Å². The molecule has 9 nitrogen and oxygen atoms in total. The zero-order valence-electron chi connectivity index (χ0n) is 19.0. The average molecular weight is 477 g/mol. The molecule has 3 aromatic rings. The molecule has 4 rings (SSSR count). The molecule has 4 N–H and O–H groups in total. The highest BCUT2D eigenvalue weighted by atomic mass is 19.1. The Bertz CT molecular complexity index is 1200. The van der Waals surface area contributed by atoms with Crippen molar-refractivity contribution in [2.45, 2.75) is 57.2 Å². The number of carbonyl (C=O) groups is 1. The fourth-order valence-electron chi connectivity index (χ4n) is 4.22. The Morgan fingerprint density at radius 3 is 2.41 bits per heavy atom. The molecule has 12 heteroatoms. The van der Waals surface area contributed by atoms with Crippen molar-refractivity contribution < 1.29 is 23.1 Å². The molecule has 0 aliphatic heterocycles. The SMILES string of the molecule is CNC(=O)C1(O)CCC(n2c(Nc3c(F)cc(F)cc3F)nc3cnc(NC(C)C)nc32)CC1. The molecular formula is C22H26F3N7O2. The van der Waals surface area contributed by atoms with Gasteiger partial charge in [0.1, 0.15) is 22.6 Å². The van der Waals surface area contributed by atoms with Gasteiger partial charge in [0.2, 0.25) is 11.9 Å². The number of halogens is 3. The first-order valence-electron chi connectivity index (χ1n) is 11.0. The molecule has 1 aromatic carbocycles. The first kappa shape index (κ1) is 23.7. The van der Waals surface area contributed by atoms with Gasteiger partial charge in [-0.15, -0.1) is 0 Å². The van der Waals surface area contributed by atoms with Crippen molar-refractivity contribution in [3.8, 4) is 0 Å². The molecule has 0 unspecified atom stereocenters. The Labute approximate surface area is 193 Å². The minimum Gasteiger partial charge on any atom is -0.380 e. The molecule has 1 aliphatic carbocycles. The van der Waals surface area contributed by atoms with Crippen LogP contribution in [0.25, 0.3) is 11.2 Å². The Hall–Kier alpha value is -3.41. The van der Waals surface area contributed by atoms with Gasteiger partial charge in [-0.1, -0.05) is 0 Å². The van der Waals surface area contributed by atoms with Crippen molar-refractivity contribution in [2.75, 3.05) is 17.7 Å². The lowest BCUT2D eigenvalue weighted by Crippen LogP contribution is -2.48. The number of amides is 1. The van der Waals surface area contributed by atoms with Crippen molar-refractivity contribution in [1.82, 2.24) is 24.8 Å². The predicted octanol–water partition coefficient (Wildman–Crippen LogP) is 3.40. The number of nitrogens with zero attached hydrogens (tertiary/aromatic N) is 4. The number of carbonyl (C=O) groups excluding carboxylic acids is 1. The fourth-order valence-corrected chi connectivity index (χ4v) is 4.22. The van der Waals surface area contributed by atoms with Crippen molar-refractivity contribution in [2.24, 2.45) is 0 Å². The third kappa shape index (κ3) is 4.49. The van der Waals surface area contributed by atoms with Crippen LogP contribution in [0.2, 0.25) is 0 Å². The van der Waals surface area contributed by atoms with Crippen molar-refractivity contribution in [3.63, 3.8) is 0 Å². The molecule has 34 heavy (non-hydrogen) atoms. The van der Waals surface area contributed by atoms with Crippen LogP contribution in [0.15, 0.2) is 18.3 Å². The standard InChI is InChI=1S/C22H26F3N7O2/c1-11(2)28-20-27-10-16-18(31-20)32(13-4-6-22(34,7-5-13)19(33)26-3)21(29-16)30-17-14(24)8-12(23)9-15(17)25/h8-11,13,34H,4-7H2,1-3H3,(H,26,33)(H,29,30)(H,27,28,31). The van der Waals surface area contributed by atoms with Crippen LogP contribution in [0.5, 0.6) is 0 Å². The number of nitrogens with one attached hydrogen (secondary N) is 3. The number of hydrogen-bond donors (Lipinski definition) is 4. The highest BCUT2D eigenvalue weighted by Gasteiger charge is 2.40. The number of anilines is 3. The number of rotatable bonds is 6. The molecule has 1 fully saturated rings. The Balaban J connectivity index is 1.77. The van der Waals surface area contributed by atoms with E-state index in [0.717, 1.165) is 0 Å². The minimum atomic E-state index is -1.50. The number of benzene rings is 1. The number of aromatic nitrogens is 4. The van der Waals surface area contributed by atoms with Gasteiger partial charge in [-0.2, -0.15) is 4.98 Å². The molecule has 2 heterocycles. The number of aliphatic hydroxyl groups is 1. The number of fused-ring (bicyclic) bond motifs is 1. The highest BCUT2D eigenvalue weighted by molar-refractivity contribution is 5.84. The van der Waals surface area contributed by atoms with Gasteiger partial charge in [-0.3, -0.25) is 9.36 Å². The van der Waals surface area contributed by atoms with Crippen LogP contribution in [-0.4, -0.2) is 49.2 Å². The van der Waals surface area contributed by atoms with E-state index in [1.165, 1.54) is 13.2 Å². The average Bonchev–Trinajstić information content (AvgIpc) is 3.13. The van der Waals surface area contributed by atoms with Gasteiger partial charge in [0, 0.05) is 31.3 Å². The van der Waals surface area contributed by atoms with E-state index in [-0.39, 0.29) is 30.9 Å². The van der Waals surface area contributed by atoms with Gasteiger partial charge in [0.15, 0.2) is 17.3 Å². The zero-order chi connectivity index (χ0) is 24.6. The van der Waals surface area contributed by atoms with Crippen molar-refractivity contribution in [3.05, 3.63) is 35.8 Å². The van der Waals surface area contributed by atoms with Gasteiger partial charge in [-0.05, 0) is 39.5 Å². The molecule has 0 spiro atoms. The zero-order valence-corrected chi connectivity index (χ0v) is 19.0. The topological polar surface area (TPSA) is 117 Å². The summed E-state index contributed by atoms with van der Waals surface area (Å²) in [6.45, 7) is 3.86. The van der Waals surface area contributed by atoms with E-state index in [9.17, 15) is 23.1 Å². The van der Waals surface area contributed by atoms with E-state index in [4.69, 9.17) is 0 Å². The maximum Gasteiger partial charge on any atom is 0.251 e. The maximum absolute atomic E-state index is 14.4. The molecule has 2 aromatic heterocycles. The second kappa shape index (κ2) is 9.09. The molecule has 0 radical (unpaired) electrons. The van der Waals surface area contributed by atoms with E-state index in [1.807, 2.05) is 13.8 Å². The lowest BCUT2D eigenvalue weighted by Gasteiger charge is -2.35. The summed E-state index contributed by atoms with van der Waals surface area (Å²) in [7, 11) is 1.46. The van der Waals surface area contributed by atoms with E-state index in [2.05, 4.69) is 30.9 Å². The summed E-state index contributed by atoms with van der Waals surface area (Å²) in [5.74, 6) is -3.27. The minimum absolute atomic E-state index is 0.0612. The number of imidazole rings is 1. The first-order valence-corrected chi connectivity index (χ1v) is 11.0. The number of likely N-dealkylation sites (N-methyl/N-ethyl adjacent to an activating group) is 1. The third-order valence-electron chi connectivity index (χ3n) is 5.89. The van der Waals surface area contributed by atoms with Gasteiger partial charge in [0.05, 0.1) is 6.20 Å². The van der Waals surface area contributed by atoms with Crippen molar-refractivity contribution in [1.29, 1.82) is 0 Å². The Morgan fingerprint density at radius 2 is 1.82 bits per heavy atom. The summed E-state index contributed by atoms with van der Waals surface area (Å²) in [5.41, 5.74) is -1.25. The van der Waals surface area contributed by atoms with Crippen LogP contribution in [0.3, 0.4) is 0 Å². The third-order valence-corrected chi connectivity index (χ3v) is 5.89. The molecular weight excluding hydrogens is 451 g/mol. The number of hydrogen-bond acceptors (Lipinski definition) is 7. The predicted molar refractivity (Wildman–Crippen MR) is 120 cm³/mol. The summed E-state index contributed by atoms with van der Waals surface area (Å²) in [4.78, 5) is 25.3. The molecule has 1 aliphatic rings. The summed E-state index contributed by atoms with van der Waals surface area (Å²) >= 11 is 0. The summed E-state index contributed by atoms with van der Waals surface area (Å²) in [6, 6.07) is 0.928. The summed E-state index contributed by atoms with van der Waals surface area (Å²) < 4.78 is 43.8. The fraction of sp³-hybridized carbons (Fsp3) is 0.455. The molecule has 0 bridgehead atoms. The maximum atomic E-state index is 14.4. The van der Waals surface area contributed by atoms with Crippen LogP contribution >= 0.6 is 0 Å². The van der Waals surface area contributed by atoms with E-state index < -0.39 is 34.6 Å². The second-order valence-electron chi connectivity index (χ2n) is 8.72. The van der Waals surface area contributed by atoms with Crippen LogP contribution in [0, 0.1) is 17.5 Å². The van der Waals surface area contributed by atoms with Gasteiger partial charge >= 0.3 is 0 Å². The molecule has 0 atom stereocenters. The summed E-state index contributed by atoms with van der Waals surface area (Å²) in [5, 5.41) is 18.9. The monoisotopic (exact) mass is 477 g/mol. The highest BCUT2D eigenvalue weighted by Crippen LogP contribution is 2.39. The van der Waals surface area contributed by atoms with E-state index >= 15 is 0 Å². The van der Waals surface area contributed by atoms with Crippen molar-refractivity contribution >= 4 is 34.7 Å². The molecule has 182 valence electrons. The molecule has 1 saturated carbocycles. The smallest absolute Gasteiger partial charge is 0.251 e. The van der Waals surface area contributed by atoms with Crippen LogP contribution < -0.4 is 16.0 Å². The van der Waals surface area contributed by atoms with Gasteiger partial charge in [0.25, 0.3) is 5.91 Å². The van der Waals surface area contributed by atoms with Gasteiger partial charge < -0.3 is 21.1 Å². The normalized spacial score (nSPS) is 20.5. The first-order chi connectivity index (χ1) is 16.1. The van der Waals surface area contributed by atoms with Crippen LogP contribution in [-0.2, 0) is 4.79 Å². The van der Waals surface area contributed by atoms with E-state index in [0.29, 0.717) is 42.1 Å². The summed E-state index contributed by atoms with van der Waals surface area (Å²) in [6.07, 6.45) is 2.62. The lowest BCUT2D eigenvalue weighted by molar-refractivity contribution is -0.143. The lowest BCUT2D eigenvalue weighted by atomic mass is 9.81. The second-order valence-corrected chi connectivity index (χ2v) is 8.72. The largest absolute Gasteiger partial charge is 0.380 e. The van der Waals surface area contributed by atoms with Gasteiger partial charge in [-0.25, -0.2) is 23.1 Å². The molecule has 0 saturated heterocycles. The molecule has 1 amide bonds. The quantitative estimate of drug-likeness (QED) is 0.430. The Kier molecular flexibility index (Phi) is 6.34.